The van der Waals surface area contributed by atoms with Crippen molar-refractivity contribution >= 4 is 16.7 Å². The van der Waals surface area contributed by atoms with Crippen LogP contribution in [0.5, 0.6) is 0 Å². The summed E-state index contributed by atoms with van der Waals surface area (Å²) in [7, 11) is 0. The molecule has 0 aromatic carbocycles. The molecule has 4 heterocycles. The molecule has 3 aromatic rings. The number of morpholine rings is 1. The van der Waals surface area contributed by atoms with Gasteiger partial charge in [-0.05, 0) is 63.3 Å². The van der Waals surface area contributed by atoms with E-state index in [4.69, 9.17) is 14.5 Å². The summed E-state index contributed by atoms with van der Waals surface area (Å²) in [6.45, 7) is 6.99. The van der Waals surface area contributed by atoms with E-state index < -0.39 is 5.41 Å². The summed E-state index contributed by atoms with van der Waals surface area (Å²) in [4.78, 5) is 12.0. The second-order valence-corrected chi connectivity index (χ2v) is 9.02. The number of nitrogens with zero attached hydrogens (tertiary/aromatic N) is 5. The molecule has 1 saturated carbocycles. The first-order valence-electron chi connectivity index (χ1n) is 11.8. The zero-order valence-electron chi connectivity index (χ0n) is 19.3. The van der Waals surface area contributed by atoms with Gasteiger partial charge in [-0.25, -0.2) is 4.98 Å². The fraction of sp³-hybridized carbons (Fsp3) is 0.520. The summed E-state index contributed by atoms with van der Waals surface area (Å²) in [5, 5.41) is 18.6. The molecular weight excluding hydrogens is 416 g/mol. The van der Waals surface area contributed by atoms with Gasteiger partial charge >= 0.3 is 0 Å². The Bertz CT molecular complexity index is 1150. The van der Waals surface area contributed by atoms with Crippen LogP contribution >= 0.6 is 0 Å². The van der Waals surface area contributed by atoms with E-state index in [1.54, 1.807) is 12.4 Å². The highest BCUT2D eigenvalue weighted by atomic mass is 16.5. The van der Waals surface area contributed by atoms with Crippen molar-refractivity contribution in [3.05, 3.63) is 36.2 Å². The van der Waals surface area contributed by atoms with Gasteiger partial charge in [-0.3, -0.25) is 10.1 Å². The molecule has 1 aliphatic carbocycles. The average Bonchev–Trinajstić information content (AvgIpc) is 3.39. The minimum atomic E-state index is -0.578. The number of hydrogen-bond donors (Lipinski definition) is 1. The van der Waals surface area contributed by atoms with Crippen molar-refractivity contribution < 1.29 is 9.47 Å². The minimum absolute atomic E-state index is 0.204. The molecule has 1 saturated heterocycles. The van der Waals surface area contributed by atoms with Gasteiger partial charge in [0.25, 0.3) is 0 Å². The summed E-state index contributed by atoms with van der Waals surface area (Å²) in [5.74, 6) is 0.878. The molecule has 1 aliphatic heterocycles. The Morgan fingerprint density at radius 3 is 2.85 bits per heavy atom. The smallest absolute Gasteiger partial charge is 0.130 e. The van der Waals surface area contributed by atoms with E-state index in [1.807, 2.05) is 19.1 Å². The normalized spacial score (nSPS) is 25.8. The second kappa shape index (κ2) is 9.08. The number of aromatic nitrogens is 4. The van der Waals surface area contributed by atoms with E-state index in [2.05, 4.69) is 39.1 Å². The lowest BCUT2D eigenvalue weighted by Gasteiger charge is -2.38. The number of anilines is 1. The highest BCUT2D eigenvalue weighted by Crippen LogP contribution is 2.44. The maximum absolute atomic E-state index is 10.5. The van der Waals surface area contributed by atoms with Gasteiger partial charge in [-0.15, -0.1) is 0 Å². The summed E-state index contributed by atoms with van der Waals surface area (Å²) < 4.78 is 11.5. The molecule has 1 atom stereocenters. The van der Waals surface area contributed by atoms with Gasteiger partial charge in [-0.1, -0.05) is 0 Å². The molecular formula is C25H30N6O2. The van der Waals surface area contributed by atoms with Crippen molar-refractivity contribution in [3.8, 4) is 17.5 Å². The van der Waals surface area contributed by atoms with E-state index in [9.17, 15) is 5.26 Å². The molecule has 0 bridgehead atoms. The highest BCUT2D eigenvalue weighted by molar-refractivity contribution is 5.94. The SMILES string of the molecule is CCOC1CCC(C#N)(c2cc(N3CCOC[C@H]3C)nc3c(-c4ccn[nH]4)nccc23)CC1. The largest absolute Gasteiger partial charge is 0.379 e. The van der Waals surface area contributed by atoms with Gasteiger partial charge in [-0.2, -0.15) is 10.4 Å². The molecule has 5 rings (SSSR count). The van der Waals surface area contributed by atoms with E-state index in [-0.39, 0.29) is 12.1 Å². The Labute approximate surface area is 193 Å². The lowest BCUT2D eigenvalue weighted by atomic mass is 9.69. The fourth-order valence-electron chi connectivity index (χ4n) is 5.26. The van der Waals surface area contributed by atoms with Gasteiger partial charge in [0, 0.05) is 30.9 Å². The van der Waals surface area contributed by atoms with E-state index in [0.717, 1.165) is 65.9 Å². The quantitative estimate of drug-likeness (QED) is 0.632. The molecule has 8 heteroatoms. The first-order valence-corrected chi connectivity index (χ1v) is 11.8. The van der Waals surface area contributed by atoms with Crippen LogP contribution in [0.4, 0.5) is 5.82 Å². The van der Waals surface area contributed by atoms with Gasteiger partial charge in [0.1, 0.15) is 17.0 Å². The van der Waals surface area contributed by atoms with Crippen molar-refractivity contribution in [3.63, 3.8) is 0 Å². The Balaban J connectivity index is 1.69. The van der Waals surface area contributed by atoms with Crippen LogP contribution in [-0.4, -0.2) is 58.7 Å². The van der Waals surface area contributed by atoms with Crippen LogP contribution in [0.1, 0.15) is 45.1 Å². The first-order chi connectivity index (χ1) is 16.1. The van der Waals surface area contributed by atoms with Crippen molar-refractivity contribution in [1.29, 1.82) is 5.26 Å². The van der Waals surface area contributed by atoms with Crippen LogP contribution in [0.15, 0.2) is 30.6 Å². The molecule has 0 amide bonds. The van der Waals surface area contributed by atoms with Crippen LogP contribution in [0, 0.1) is 11.3 Å². The van der Waals surface area contributed by atoms with Crippen molar-refractivity contribution in [2.75, 3.05) is 31.3 Å². The number of fused-ring (bicyclic) bond motifs is 1. The third kappa shape index (κ3) is 3.96. The summed E-state index contributed by atoms with van der Waals surface area (Å²) in [6, 6.07) is 8.97. The average molecular weight is 447 g/mol. The topological polar surface area (TPSA) is 100.0 Å². The van der Waals surface area contributed by atoms with E-state index in [1.165, 1.54) is 0 Å². The zero-order chi connectivity index (χ0) is 22.8. The summed E-state index contributed by atoms with van der Waals surface area (Å²) >= 11 is 0. The monoisotopic (exact) mass is 446 g/mol. The van der Waals surface area contributed by atoms with Crippen molar-refractivity contribution in [2.45, 2.75) is 57.1 Å². The van der Waals surface area contributed by atoms with Gasteiger partial charge in [0.15, 0.2) is 0 Å². The van der Waals surface area contributed by atoms with Crippen LogP contribution in [-0.2, 0) is 14.9 Å². The molecule has 0 unspecified atom stereocenters. The summed E-state index contributed by atoms with van der Waals surface area (Å²) in [6.07, 6.45) is 7.05. The molecule has 0 radical (unpaired) electrons. The molecule has 1 N–H and O–H groups in total. The molecule has 2 fully saturated rings. The van der Waals surface area contributed by atoms with Crippen LogP contribution in [0.25, 0.3) is 22.3 Å². The van der Waals surface area contributed by atoms with Crippen LogP contribution in [0.3, 0.4) is 0 Å². The van der Waals surface area contributed by atoms with Crippen LogP contribution < -0.4 is 4.90 Å². The second-order valence-electron chi connectivity index (χ2n) is 9.02. The number of H-pyrrole nitrogens is 1. The minimum Gasteiger partial charge on any atom is -0.379 e. The Kier molecular flexibility index (Phi) is 6.00. The summed E-state index contributed by atoms with van der Waals surface area (Å²) in [5.41, 5.74) is 2.84. The fourth-order valence-corrected chi connectivity index (χ4v) is 5.26. The van der Waals surface area contributed by atoms with Crippen LogP contribution in [0.2, 0.25) is 0 Å². The number of rotatable bonds is 5. The number of pyridine rings is 2. The molecule has 8 nitrogen and oxygen atoms in total. The maximum atomic E-state index is 10.5. The van der Waals surface area contributed by atoms with E-state index >= 15 is 0 Å². The lowest BCUT2D eigenvalue weighted by molar-refractivity contribution is 0.0262. The Hall–Kier alpha value is -3.02. The molecule has 3 aromatic heterocycles. The Morgan fingerprint density at radius 1 is 1.30 bits per heavy atom. The lowest BCUT2D eigenvalue weighted by Crippen LogP contribution is -2.44. The molecule has 0 spiro atoms. The van der Waals surface area contributed by atoms with Gasteiger partial charge in [0.2, 0.25) is 0 Å². The number of aromatic amines is 1. The van der Waals surface area contributed by atoms with Gasteiger partial charge in [0.05, 0.1) is 42.5 Å². The van der Waals surface area contributed by atoms with Crippen molar-refractivity contribution in [2.24, 2.45) is 0 Å². The number of nitriles is 1. The molecule has 2 aliphatic rings. The van der Waals surface area contributed by atoms with Gasteiger partial charge < -0.3 is 14.4 Å². The van der Waals surface area contributed by atoms with E-state index in [0.29, 0.717) is 19.8 Å². The predicted octanol–water partition coefficient (Wildman–Crippen LogP) is 3.99. The predicted molar refractivity (Wildman–Crippen MR) is 126 cm³/mol. The number of nitrogens with one attached hydrogen (secondary N) is 1. The first kappa shape index (κ1) is 21.8. The standard InChI is InChI=1S/C25H30N6O2/c1-3-33-18-4-8-25(16-26,9-5-18)20-14-22(31-12-13-32-15-17(31)2)29-23-19(20)6-10-27-24(23)21-7-11-28-30-21/h6-7,10-11,14,17-18H,3-5,8-9,12-13,15H2,1-2H3,(H,28,30)/t17-,18?,25?/m1/s1. The molecule has 33 heavy (non-hydrogen) atoms. The third-order valence-corrected chi connectivity index (χ3v) is 7.05. The number of ether oxygens (including phenoxy) is 2. The zero-order valence-corrected chi connectivity index (χ0v) is 19.3. The Morgan fingerprint density at radius 2 is 2.15 bits per heavy atom. The maximum Gasteiger partial charge on any atom is 0.130 e. The highest BCUT2D eigenvalue weighted by Gasteiger charge is 2.40. The third-order valence-electron chi connectivity index (χ3n) is 7.05. The molecule has 172 valence electrons. The number of hydrogen-bond acceptors (Lipinski definition) is 7. The van der Waals surface area contributed by atoms with Crippen molar-refractivity contribution in [1.82, 2.24) is 20.2 Å².